The highest BCUT2D eigenvalue weighted by atomic mass is 35.5. The number of aliphatic carboxylic acids is 1. The minimum absolute atomic E-state index is 0.0158. The average Bonchev–Trinajstić information content (AvgIpc) is 2.89. The molecule has 0 bridgehead atoms. The highest BCUT2D eigenvalue weighted by Gasteiger charge is 2.34. The Labute approximate surface area is 238 Å². The maximum Gasteiger partial charge on any atom is 0.417 e. The molecule has 0 aromatic heterocycles. The van der Waals surface area contributed by atoms with Crippen molar-refractivity contribution in [3.63, 3.8) is 0 Å². The van der Waals surface area contributed by atoms with Crippen LogP contribution < -0.4 is 14.3 Å². The number of hydrazine groups is 2. The van der Waals surface area contributed by atoms with E-state index in [0.29, 0.717) is 18.8 Å². The second-order valence-electron chi connectivity index (χ2n) is 8.46. The van der Waals surface area contributed by atoms with Crippen molar-refractivity contribution in [1.29, 1.82) is 0 Å². The van der Waals surface area contributed by atoms with Gasteiger partial charge in [-0.3, -0.25) is 4.21 Å². The number of benzene rings is 2. The third-order valence-corrected chi connectivity index (χ3v) is 7.81. The Kier molecular flexibility index (Phi) is 11.2. The molecule has 0 amide bonds. The number of fused-ring (bicyclic) bond motifs is 1. The number of carbonyl (C=O) groups is 2. The molecule has 3 rings (SSSR count). The lowest BCUT2D eigenvalue weighted by molar-refractivity contribution is -0.171. The molecule has 1 aliphatic heterocycles. The van der Waals surface area contributed by atoms with Crippen LogP contribution in [0.1, 0.15) is 18.1 Å². The average molecular weight is 620 g/mol. The van der Waals surface area contributed by atoms with E-state index in [2.05, 4.69) is 9.55 Å². The van der Waals surface area contributed by atoms with Crippen LogP contribution in [0, 0.1) is 0 Å². The Bertz CT molecular complexity index is 1340. The predicted octanol–water partition coefficient (Wildman–Crippen LogP) is 1.06. The Morgan fingerprint density at radius 1 is 1.30 bits per heavy atom. The van der Waals surface area contributed by atoms with Crippen LogP contribution >= 0.6 is 11.6 Å². The van der Waals surface area contributed by atoms with E-state index < -0.39 is 39.3 Å². The standard InChI is InChI=1S/C23H29ClN4O10S2/c1-3-27(28-12-16-10-19(24)20(25-39(32)33)11-21(16)40(34,35)26-28)13-18(38-23(31)22(29)30)14-37-17-6-4-15(5-7-17)8-9-36-2/h4-7,10-11,18,25-26H,3,8-9,12-14H2,1-2H3,(H,29,30)(H,32,33)/p-1. The number of anilines is 1. The fourth-order valence-electron chi connectivity index (χ4n) is 3.80. The summed E-state index contributed by atoms with van der Waals surface area (Å²) in [4.78, 5) is 25.2. The number of hydrogen-bond acceptors (Lipinski definition) is 11. The van der Waals surface area contributed by atoms with Gasteiger partial charge in [-0.2, -0.15) is 5.12 Å². The summed E-state index contributed by atoms with van der Waals surface area (Å²) in [5.41, 5.74) is 1.18. The topological polar surface area (TPSA) is 187 Å². The van der Waals surface area contributed by atoms with Crippen LogP contribution in [0.25, 0.3) is 0 Å². The molecule has 2 atom stereocenters. The van der Waals surface area contributed by atoms with Crippen molar-refractivity contribution in [2.45, 2.75) is 30.9 Å². The largest absolute Gasteiger partial charge is 0.755 e. The van der Waals surface area contributed by atoms with Crippen LogP contribution in [0.4, 0.5) is 5.69 Å². The van der Waals surface area contributed by atoms with Crippen LogP contribution in [0.3, 0.4) is 0 Å². The highest BCUT2D eigenvalue weighted by molar-refractivity contribution is 7.89. The second-order valence-corrected chi connectivity index (χ2v) is 11.2. The first-order chi connectivity index (χ1) is 18.9. The van der Waals surface area contributed by atoms with E-state index in [9.17, 15) is 26.8 Å². The zero-order valence-electron chi connectivity index (χ0n) is 21.5. The number of carbonyl (C=O) groups excluding carboxylic acids is 1. The quantitative estimate of drug-likeness (QED) is 0.165. The molecule has 0 aliphatic carbocycles. The molecule has 220 valence electrons. The van der Waals surface area contributed by atoms with Crippen molar-refractivity contribution in [2.75, 3.05) is 38.1 Å². The number of methoxy groups -OCH3 is 1. The summed E-state index contributed by atoms with van der Waals surface area (Å²) in [5, 5.41) is 11.8. The van der Waals surface area contributed by atoms with Crippen molar-refractivity contribution in [1.82, 2.24) is 15.0 Å². The van der Waals surface area contributed by atoms with Gasteiger partial charge < -0.3 is 28.6 Å². The van der Waals surface area contributed by atoms with Gasteiger partial charge in [-0.05, 0) is 41.8 Å². The van der Waals surface area contributed by atoms with Crippen LogP contribution in [0.2, 0.25) is 5.02 Å². The molecule has 14 nitrogen and oxygen atoms in total. The van der Waals surface area contributed by atoms with Crippen molar-refractivity contribution in [3.05, 3.63) is 52.5 Å². The summed E-state index contributed by atoms with van der Waals surface area (Å²) < 4.78 is 66.0. The minimum Gasteiger partial charge on any atom is -0.755 e. The smallest absolute Gasteiger partial charge is 0.417 e. The van der Waals surface area contributed by atoms with E-state index in [1.54, 1.807) is 26.2 Å². The van der Waals surface area contributed by atoms with E-state index in [1.165, 1.54) is 16.2 Å². The summed E-state index contributed by atoms with van der Waals surface area (Å²) in [6.07, 6.45) is -0.401. The lowest BCUT2D eigenvalue weighted by Gasteiger charge is -2.38. The van der Waals surface area contributed by atoms with Crippen molar-refractivity contribution in [3.8, 4) is 5.75 Å². The number of ether oxygens (including phenoxy) is 3. The van der Waals surface area contributed by atoms with Gasteiger partial charge in [0.25, 0.3) is 10.0 Å². The van der Waals surface area contributed by atoms with Gasteiger partial charge in [0.2, 0.25) is 0 Å². The predicted molar refractivity (Wildman–Crippen MR) is 142 cm³/mol. The molecule has 1 heterocycles. The van der Waals surface area contributed by atoms with Crippen LogP contribution in [0.15, 0.2) is 41.3 Å². The fraction of sp³-hybridized carbons (Fsp3) is 0.391. The van der Waals surface area contributed by atoms with E-state index in [0.717, 1.165) is 11.6 Å². The van der Waals surface area contributed by atoms with Crippen LogP contribution in [-0.4, -0.2) is 83.9 Å². The van der Waals surface area contributed by atoms with Gasteiger partial charge in [0.15, 0.2) is 6.10 Å². The molecule has 1 aliphatic rings. The number of halogens is 1. The van der Waals surface area contributed by atoms with E-state index >= 15 is 0 Å². The van der Waals surface area contributed by atoms with E-state index in [-0.39, 0.29) is 47.4 Å². The number of nitrogens with one attached hydrogen (secondary N) is 2. The van der Waals surface area contributed by atoms with Gasteiger partial charge in [0.1, 0.15) is 12.4 Å². The fourth-order valence-corrected chi connectivity index (χ4v) is 5.73. The van der Waals surface area contributed by atoms with Gasteiger partial charge in [-0.25, -0.2) is 23.0 Å². The zero-order valence-corrected chi connectivity index (χ0v) is 23.9. The van der Waals surface area contributed by atoms with Gasteiger partial charge in [-0.15, -0.1) is 4.83 Å². The maximum absolute atomic E-state index is 13.0. The van der Waals surface area contributed by atoms with Crippen molar-refractivity contribution >= 4 is 50.5 Å². The van der Waals surface area contributed by atoms with E-state index in [4.69, 9.17) is 30.9 Å². The number of carboxylic acid groups (broad SMARTS) is 1. The van der Waals surface area contributed by atoms with Gasteiger partial charge in [-0.1, -0.05) is 30.7 Å². The number of esters is 1. The molecule has 0 saturated carbocycles. The molecule has 2 aromatic rings. The number of sulfonamides is 1. The number of likely N-dealkylation sites (N-methyl/N-ethyl adjacent to an activating group) is 1. The Morgan fingerprint density at radius 2 is 2.00 bits per heavy atom. The Balaban J connectivity index is 1.78. The monoisotopic (exact) mass is 619 g/mol. The summed E-state index contributed by atoms with van der Waals surface area (Å²) in [6, 6.07) is 9.53. The molecule has 2 aromatic carbocycles. The molecule has 0 radical (unpaired) electrons. The number of hydrogen-bond donors (Lipinski definition) is 3. The normalized spacial score (nSPS) is 16.1. The van der Waals surface area contributed by atoms with E-state index in [1.807, 2.05) is 12.1 Å². The van der Waals surface area contributed by atoms with Gasteiger partial charge >= 0.3 is 11.9 Å². The number of carboxylic acids is 1. The Morgan fingerprint density at radius 3 is 2.60 bits per heavy atom. The number of nitrogens with zero attached hydrogens (tertiary/aromatic N) is 2. The lowest BCUT2D eigenvalue weighted by Crippen LogP contribution is -2.57. The third-order valence-electron chi connectivity index (χ3n) is 5.70. The zero-order chi connectivity index (χ0) is 29.4. The summed E-state index contributed by atoms with van der Waals surface area (Å²) in [6.45, 7) is 2.10. The van der Waals surface area contributed by atoms with Crippen LogP contribution in [-0.2, 0) is 53.3 Å². The molecule has 3 N–H and O–H groups in total. The molecule has 2 unspecified atom stereocenters. The summed E-state index contributed by atoms with van der Waals surface area (Å²) in [5.74, 6) is -2.83. The molecule has 0 saturated heterocycles. The molecule has 17 heteroatoms. The highest BCUT2D eigenvalue weighted by Crippen LogP contribution is 2.32. The lowest BCUT2D eigenvalue weighted by atomic mass is 10.1. The third kappa shape index (κ3) is 8.58. The first kappa shape index (κ1) is 31.7. The molecule has 40 heavy (non-hydrogen) atoms. The molecule has 0 fully saturated rings. The SMILES string of the molecule is CCN(CC(COc1ccc(CCOC)cc1)OC(=O)C(=O)O)N1Cc2cc(Cl)c(NS(=O)[O-])cc2S(=O)(=O)N1. The second kappa shape index (κ2) is 14.2. The van der Waals surface area contributed by atoms with Gasteiger partial charge in [0, 0.05) is 24.9 Å². The Hall–Kier alpha value is -2.83. The van der Waals surface area contributed by atoms with Crippen molar-refractivity contribution < 1.29 is 46.1 Å². The molecular formula is C23H28ClN4O10S2-. The molecule has 0 spiro atoms. The number of rotatable bonds is 13. The molecular weight excluding hydrogens is 592 g/mol. The van der Waals surface area contributed by atoms with Crippen molar-refractivity contribution in [2.24, 2.45) is 0 Å². The maximum atomic E-state index is 13.0. The summed E-state index contributed by atoms with van der Waals surface area (Å²) in [7, 11) is -2.56. The first-order valence-electron chi connectivity index (χ1n) is 11.8. The van der Waals surface area contributed by atoms with Gasteiger partial charge in [0.05, 0.1) is 35.3 Å². The summed E-state index contributed by atoms with van der Waals surface area (Å²) >= 11 is 3.43. The first-order valence-corrected chi connectivity index (χ1v) is 14.7. The minimum atomic E-state index is -4.17. The van der Waals surface area contributed by atoms with Crippen LogP contribution in [0.5, 0.6) is 5.75 Å².